The van der Waals surface area contributed by atoms with Crippen molar-refractivity contribution in [2.75, 3.05) is 0 Å². The largest absolute Gasteiger partial charge is 0.489 e. The molecule has 0 radical (unpaired) electrons. The Kier molecular flexibility index (Phi) is 6.62. The molecule has 4 aromatic rings. The summed E-state index contributed by atoms with van der Waals surface area (Å²) in [4.78, 5) is 0. The van der Waals surface area contributed by atoms with Gasteiger partial charge in [0, 0.05) is 17.9 Å². The monoisotopic (exact) mass is 435 g/mol. The number of hydrogen-bond acceptors (Lipinski definition) is 1. The van der Waals surface area contributed by atoms with Gasteiger partial charge in [-0.15, -0.1) is 0 Å². The Morgan fingerprint density at radius 3 is 2.18 bits per heavy atom. The van der Waals surface area contributed by atoms with Crippen molar-refractivity contribution in [3.8, 4) is 17.0 Å². The summed E-state index contributed by atoms with van der Waals surface area (Å²) in [6.45, 7) is 3.68. The van der Waals surface area contributed by atoms with Gasteiger partial charge in [0.15, 0.2) is 0 Å². The van der Waals surface area contributed by atoms with E-state index >= 15 is 0 Å². The Bertz CT molecular complexity index is 1150. The molecule has 0 spiro atoms. The average molecular weight is 436 g/mol. The second kappa shape index (κ2) is 10.1. The Morgan fingerprint density at radius 1 is 0.727 bits per heavy atom. The van der Waals surface area contributed by atoms with Crippen molar-refractivity contribution in [3.05, 3.63) is 113 Å². The molecule has 1 aliphatic carbocycles. The van der Waals surface area contributed by atoms with E-state index in [0.717, 1.165) is 18.2 Å². The molecule has 1 heterocycles. The molecule has 1 aromatic heterocycles. The van der Waals surface area contributed by atoms with E-state index in [9.17, 15) is 0 Å². The first-order chi connectivity index (χ1) is 16.3. The van der Waals surface area contributed by atoms with Gasteiger partial charge >= 0.3 is 0 Å². The van der Waals surface area contributed by atoms with Crippen molar-refractivity contribution in [1.29, 1.82) is 0 Å². The maximum atomic E-state index is 5.97. The molecule has 0 N–H and O–H groups in total. The first-order valence-electron chi connectivity index (χ1n) is 12.3. The number of benzene rings is 3. The summed E-state index contributed by atoms with van der Waals surface area (Å²) in [5, 5.41) is 0. The number of aryl methyl sites for hydroxylation is 1. The lowest BCUT2D eigenvalue weighted by atomic mass is 9.84. The Balaban J connectivity index is 1.28. The molecule has 0 unspecified atom stereocenters. The molecule has 3 aromatic carbocycles. The molecule has 0 atom stereocenters. The minimum atomic E-state index is 0.590. The molecular weight excluding hydrogens is 402 g/mol. The Morgan fingerprint density at radius 2 is 1.45 bits per heavy atom. The highest BCUT2D eigenvalue weighted by Crippen LogP contribution is 2.33. The summed E-state index contributed by atoms with van der Waals surface area (Å²) in [5.74, 6) is 1.66. The van der Waals surface area contributed by atoms with Crippen LogP contribution in [-0.2, 0) is 13.2 Å². The summed E-state index contributed by atoms with van der Waals surface area (Å²) in [6.07, 6.45) is 6.88. The molecule has 2 heteroatoms. The van der Waals surface area contributed by atoms with Crippen LogP contribution >= 0.6 is 0 Å². The molecule has 0 saturated heterocycles. The van der Waals surface area contributed by atoms with Gasteiger partial charge in [-0.2, -0.15) is 0 Å². The lowest BCUT2D eigenvalue weighted by Gasteiger charge is -2.22. The number of ether oxygens (including phenoxy) is 1. The third-order valence-corrected chi connectivity index (χ3v) is 6.99. The fourth-order valence-corrected chi connectivity index (χ4v) is 5.01. The van der Waals surface area contributed by atoms with E-state index in [1.807, 2.05) is 18.2 Å². The van der Waals surface area contributed by atoms with Gasteiger partial charge in [0.2, 0.25) is 0 Å². The first-order valence-corrected chi connectivity index (χ1v) is 12.3. The molecular formula is C31H33NO. The molecule has 0 aliphatic heterocycles. The van der Waals surface area contributed by atoms with E-state index in [-0.39, 0.29) is 0 Å². The van der Waals surface area contributed by atoms with Gasteiger partial charge in [-0.05, 0) is 84.3 Å². The predicted octanol–water partition coefficient (Wildman–Crippen LogP) is 8.14. The summed E-state index contributed by atoms with van der Waals surface area (Å²) in [5.41, 5.74) is 7.81. The average Bonchev–Trinajstić information content (AvgIpc) is 3.24. The summed E-state index contributed by atoms with van der Waals surface area (Å²) >= 11 is 0. The van der Waals surface area contributed by atoms with E-state index < -0.39 is 0 Å². The molecule has 33 heavy (non-hydrogen) atoms. The van der Waals surface area contributed by atoms with Gasteiger partial charge in [0.25, 0.3) is 0 Å². The number of aromatic nitrogens is 1. The number of nitrogens with zero attached hydrogens (tertiary/aromatic N) is 1. The van der Waals surface area contributed by atoms with Gasteiger partial charge in [-0.3, -0.25) is 0 Å². The number of rotatable bonds is 7. The quantitative estimate of drug-likeness (QED) is 0.286. The molecule has 0 bridgehead atoms. The zero-order valence-electron chi connectivity index (χ0n) is 19.5. The van der Waals surface area contributed by atoms with Crippen LogP contribution in [-0.4, -0.2) is 4.57 Å². The standard InChI is InChI=1S/C31H33NO/c1-24-12-21-31(29-17-19-30(20-18-29)33-23-26-8-4-2-5-9-26)32(24)22-25-13-15-28(16-14-25)27-10-6-3-7-11-27/h2,4-5,8-9,12-21,27H,3,6-7,10-11,22-23H2,1H3. The Hall–Kier alpha value is -3.26. The SMILES string of the molecule is Cc1ccc(-c2ccc(OCc3ccccc3)cc2)n1Cc1ccc(C2CCCCC2)cc1. The van der Waals surface area contributed by atoms with E-state index in [4.69, 9.17) is 4.74 Å². The highest BCUT2D eigenvalue weighted by atomic mass is 16.5. The van der Waals surface area contributed by atoms with E-state index in [0.29, 0.717) is 6.61 Å². The van der Waals surface area contributed by atoms with Crippen molar-refractivity contribution in [2.24, 2.45) is 0 Å². The molecule has 168 valence electrons. The van der Waals surface area contributed by atoms with Crippen LogP contribution in [0.5, 0.6) is 5.75 Å². The highest BCUT2D eigenvalue weighted by Gasteiger charge is 2.15. The zero-order chi connectivity index (χ0) is 22.5. The highest BCUT2D eigenvalue weighted by molar-refractivity contribution is 5.62. The summed E-state index contributed by atoms with van der Waals surface area (Å²) < 4.78 is 8.38. The van der Waals surface area contributed by atoms with Crippen LogP contribution in [0.2, 0.25) is 0 Å². The first kappa shape index (κ1) is 21.6. The van der Waals surface area contributed by atoms with Crippen LogP contribution < -0.4 is 4.74 Å². The van der Waals surface area contributed by atoms with Crippen molar-refractivity contribution in [3.63, 3.8) is 0 Å². The van der Waals surface area contributed by atoms with Crippen molar-refractivity contribution < 1.29 is 4.74 Å². The fourth-order valence-electron chi connectivity index (χ4n) is 5.01. The smallest absolute Gasteiger partial charge is 0.119 e. The molecule has 0 amide bonds. The van der Waals surface area contributed by atoms with Crippen LogP contribution in [0.3, 0.4) is 0 Å². The maximum absolute atomic E-state index is 5.97. The maximum Gasteiger partial charge on any atom is 0.119 e. The Labute approximate surface area is 197 Å². The van der Waals surface area contributed by atoms with E-state index in [2.05, 4.69) is 84.3 Å². The normalized spacial score (nSPS) is 14.3. The van der Waals surface area contributed by atoms with Crippen molar-refractivity contribution in [1.82, 2.24) is 4.57 Å². The molecule has 5 rings (SSSR count). The van der Waals surface area contributed by atoms with Crippen LogP contribution in [0, 0.1) is 6.92 Å². The number of hydrogen-bond donors (Lipinski definition) is 0. The van der Waals surface area contributed by atoms with E-state index in [1.54, 1.807) is 0 Å². The fraction of sp³-hybridized carbons (Fsp3) is 0.290. The zero-order valence-corrected chi connectivity index (χ0v) is 19.5. The summed E-state index contributed by atoms with van der Waals surface area (Å²) in [6, 6.07) is 32.6. The predicted molar refractivity (Wildman–Crippen MR) is 137 cm³/mol. The minimum absolute atomic E-state index is 0.590. The third-order valence-electron chi connectivity index (χ3n) is 6.99. The van der Waals surface area contributed by atoms with Crippen LogP contribution in [0.25, 0.3) is 11.3 Å². The second-order valence-corrected chi connectivity index (χ2v) is 9.32. The van der Waals surface area contributed by atoms with Crippen molar-refractivity contribution in [2.45, 2.75) is 58.1 Å². The second-order valence-electron chi connectivity index (χ2n) is 9.32. The molecule has 1 aliphatic rings. The minimum Gasteiger partial charge on any atom is -0.489 e. The van der Waals surface area contributed by atoms with Gasteiger partial charge in [0.05, 0.1) is 0 Å². The van der Waals surface area contributed by atoms with E-state index in [1.165, 1.54) is 65.7 Å². The van der Waals surface area contributed by atoms with Gasteiger partial charge < -0.3 is 9.30 Å². The lowest BCUT2D eigenvalue weighted by Crippen LogP contribution is -2.06. The molecule has 1 saturated carbocycles. The summed E-state index contributed by atoms with van der Waals surface area (Å²) in [7, 11) is 0. The van der Waals surface area contributed by atoms with Gasteiger partial charge in [-0.25, -0.2) is 0 Å². The lowest BCUT2D eigenvalue weighted by molar-refractivity contribution is 0.306. The van der Waals surface area contributed by atoms with Crippen LogP contribution in [0.15, 0.2) is 91.0 Å². The van der Waals surface area contributed by atoms with Crippen LogP contribution in [0.1, 0.15) is 60.4 Å². The van der Waals surface area contributed by atoms with Crippen LogP contribution in [0.4, 0.5) is 0 Å². The molecule has 1 fully saturated rings. The topological polar surface area (TPSA) is 14.2 Å². The van der Waals surface area contributed by atoms with Gasteiger partial charge in [0.1, 0.15) is 12.4 Å². The van der Waals surface area contributed by atoms with Crippen molar-refractivity contribution >= 4 is 0 Å². The third kappa shape index (κ3) is 5.22. The van der Waals surface area contributed by atoms with Gasteiger partial charge in [-0.1, -0.05) is 73.9 Å². The molecule has 2 nitrogen and oxygen atoms in total.